The molecule has 0 bridgehead atoms. The molecule has 0 aliphatic carbocycles. The molecule has 2 aliphatic heterocycles. The van der Waals surface area contributed by atoms with Gasteiger partial charge in [0, 0.05) is 29.4 Å². The van der Waals surface area contributed by atoms with E-state index in [4.69, 9.17) is 4.74 Å². The zero-order valence-electron chi connectivity index (χ0n) is 17.6. The summed E-state index contributed by atoms with van der Waals surface area (Å²) in [6, 6.07) is 15.2. The highest BCUT2D eigenvalue weighted by Gasteiger charge is 2.40. The monoisotopic (exact) mass is 448 g/mol. The number of amides is 2. The maximum absolute atomic E-state index is 12.5. The summed E-state index contributed by atoms with van der Waals surface area (Å²) in [5.41, 5.74) is 2.70. The maximum atomic E-state index is 12.5. The lowest BCUT2D eigenvalue weighted by molar-refractivity contribution is 0.0947. The molecule has 2 aromatic rings. The SMILES string of the molecule is N#CC1C2=C(CN(C(=O)OCCCc3cccnc3)CC2)SC1NC(=O)c1ccccc1. The third kappa shape index (κ3) is 5.11. The highest BCUT2D eigenvalue weighted by molar-refractivity contribution is 8.04. The van der Waals surface area contributed by atoms with Gasteiger partial charge in [-0.05, 0) is 48.6 Å². The van der Waals surface area contributed by atoms with Crippen LogP contribution in [0.5, 0.6) is 0 Å². The van der Waals surface area contributed by atoms with Gasteiger partial charge in [-0.1, -0.05) is 24.3 Å². The van der Waals surface area contributed by atoms with Crippen LogP contribution in [-0.2, 0) is 11.2 Å². The Balaban J connectivity index is 1.28. The van der Waals surface area contributed by atoms with Gasteiger partial charge in [-0.25, -0.2) is 4.79 Å². The number of benzene rings is 1. The average molecular weight is 449 g/mol. The number of aromatic nitrogens is 1. The van der Waals surface area contributed by atoms with Gasteiger partial charge in [0.05, 0.1) is 30.5 Å². The van der Waals surface area contributed by atoms with E-state index >= 15 is 0 Å². The number of nitriles is 1. The van der Waals surface area contributed by atoms with E-state index in [-0.39, 0.29) is 23.3 Å². The number of thioether (sulfide) groups is 1. The summed E-state index contributed by atoms with van der Waals surface area (Å²) in [4.78, 5) is 31.8. The number of carbonyl (C=O) groups excluding carboxylic acids is 2. The first-order chi connectivity index (χ1) is 15.7. The Labute approximate surface area is 191 Å². The van der Waals surface area contributed by atoms with E-state index in [0.717, 1.165) is 28.9 Å². The minimum atomic E-state index is -0.389. The Bertz CT molecular complexity index is 1040. The van der Waals surface area contributed by atoms with Crippen molar-refractivity contribution in [1.82, 2.24) is 15.2 Å². The number of nitrogens with zero attached hydrogens (tertiary/aromatic N) is 3. The smallest absolute Gasteiger partial charge is 0.410 e. The van der Waals surface area contributed by atoms with Crippen LogP contribution in [0.25, 0.3) is 0 Å². The van der Waals surface area contributed by atoms with E-state index in [9.17, 15) is 14.9 Å². The molecule has 3 heterocycles. The van der Waals surface area contributed by atoms with Crippen LogP contribution in [0.2, 0.25) is 0 Å². The molecule has 2 aliphatic rings. The maximum Gasteiger partial charge on any atom is 0.410 e. The lowest BCUT2D eigenvalue weighted by atomic mass is 9.94. The first kappa shape index (κ1) is 21.9. The molecule has 2 atom stereocenters. The second-order valence-corrected chi connectivity index (χ2v) is 8.92. The lowest BCUT2D eigenvalue weighted by Gasteiger charge is -2.27. The molecule has 2 unspecified atom stereocenters. The second-order valence-electron chi connectivity index (χ2n) is 7.68. The molecule has 0 spiro atoms. The quantitative estimate of drug-likeness (QED) is 0.676. The number of carbonyl (C=O) groups is 2. The molecule has 7 nitrogen and oxygen atoms in total. The van der Waals surface area contributed by atoms with Gasteiger partial charge < -0.3 is 15.0 Å². The number of hydrogen-bond donors (Lipinski definition) is 1. The van der Waals surface area contributed by atoms with Gasteiger partial charge >= 0.3 is 6.09 Å². The van der Waals surface area contributed by atoms with Crippen molar-refractivity contribution in [2.75, 3.05) is 19.7 Å². The molecular formula is C24H24N4O3S. The largest absolute Gasteiger partial charge is 0.449 e. The van der Waals surface area contributed by atoms with Crippen molar-refractivity contribution >= 4 is 23.8 Å². The van der Waals surface area contributed by atoms with E-state index < -0.39 is 0 Å². The number of rotatable bonds is 6. The molecule has 4 rings (SSSR count). The molecule has 2 amide bonds. The molecule has 0 radical (unpaired) electrons. The van der Waals surface area contributed by atoms with Crippen molar-refractivity contribution in [2.24, 2.45) is 5.92 Å². The zero-order chi connectivity index (χ0) is 22.3. The van der Waals surface area contributed by atoms with Crippen molar-refractivity contribution in [3.8, 4) is 6.07 Å². The lowest BCUT2D eigenvalue weighted by Crippen LogP contribution is -2.37. The van der Waals surface area contributed by atoms with Crippen molar-refractivity contribution in [2.45, 2.75) is 24.6 Å². The van der Waals surface area contributed by atoms with Gasteiger partial charge in [0.25, 0.3) is 5.91 Å². The predicted molar refractivity (Wildman–Crippen MR) is 122 cm³/mol. The number of ether oxygens (including phenoxy) is 1. The van der Waals surface area contributed by atoms with Gasteiger partial charge in [0.15, 0.2) is 0 Å². The number of aryl methyl sites for hydroxylation is 1. The highest BCUT2D eigenvalue weighted by Crippen LogP contribution is 2.44. The highest BCUT2D eigenvalue weighted by atomic mass is 32.2. The standard InChI is InChI=1S/C24H24N4O3S/c25-14-20-19-10-12-28(24(30)31-13-5-7-17-6-4-11-26-15-17)16-21(19)32-23(20)27-22(29)18-8-2-1-3-9-18/h1-4,6,8-9,11,15,20,23H,5,7,10,12-13,16H2,(H,27,29). The van der Waals surface area contributed by atoms with Crippen LogP contribution in [0.15, 0.2) is 65.3 Å². The summed E-state index contributed by atoms with van der Waals surface area (Å²) in [5, 5.41) is 12.3. The molecule has 0 fully saturated rings. The normalized spacial score (nSPS) is 19.8. The Morgan fingerprint density at radius 1 is 1.25 bits per heavy atom. The van der Waals surface area contributed by atoms with E-state index in [1.807, 2.05) is 36.5 Å². The summed E-state index contributed by atoms with van der Waals surface area (Å²) in [6.07, 6.45) is 5.36. The average Bonchev–Trinajstić information content (AvgIpc) is 3.18. The van der Waals surface area contributed by atoms with E-state index in [0.29, 0.717) is 31.7 Å². The van der Waals surface area contributed by atoms with Crippen LogP contribution in [0.1, 0.15) is 28.8 Å². The zero-order valence-corrected chi connectivity index (χ0v) is 18.4. The molecule has 1 aromatic carbocycles. The Kier molecular flexibility index (Phi) is 7.07. The van der Waals surface area contributed by atoms with E-state index in [1.165, 1.54) is 11.8 Å². The topological polar surface area (TPSA) is 95.3 Å². The summed E-state index contributed by atoms with van der Waals surface area (Å²) in [6.45, 7) is 1.27. The summed E-state index contributed by atoms with van der Waals surface area (Å²) >= 11 is 1.47. The van der Waals surface area contributed by atoms with Gasteiger partial charge in [0.2, 0.25) is 0 Å². The van der Waals surface area contributed by atoms with E-state index in [1.54, 1.807) is 23.2 Å². The molecular weight excluding hydrogens is 424 g/mol. The fourth-order valence-electron chi connectivity index (χ4n) is 3.88. The van der Waals surface area contributed by atoms with Crippen molar-refractivity contribution < 1.29 is 14.3 Å². The van der Waals surface area contributed by atoms with Crippen LogP contribution >= 0.6 is 11.8 Å². The van der Waals surface area contributed by atoms with Gasteiger partial charge in [-0.2, -0.15) is 5.26 Å². The Morgan fingerprint density at radius 2 is 2.09 bits per heavy atom. The number of pyridine rings is 1. The van der Waals surface area contributed by atoms with Crippen LogP contribution in [0, 0.1) is 17.2 Å². The number of hydrogen-bond acceptors (Lipinski definition) is 6. The fraction of sp³-hybridized carbons (Fsp3) is 0.333. The molecule has 1 N–H and O–H groups in total. The molecule has 164 valence electrons. The first-order valence-corrected chi connectivity index (χ1v) is 11.5. The molecule has 1 aromatic heterocycles. The minimum absolute atomic E-state index is 0.201. The third-order valence-corrected chi connectivity index (χ3v) is 6.88. The second kappa shape index (κ2) is 10.3. The summed E-state index contributed by atoms with van der Waals surface area (Å²) in [5.74, 6) is -0.589. The van der Waals surface area contributed by atoms with Crippen molar-refractivity contribution in [3.05, 3.63) is 76.5 Å². The molecule has 8 heteroatoms. The van der Waals surface area contributed by atoms with Gasteiger partial charge in [-0.3, -0.25) is 9.78 Å². The van der Waals surface area contributed by atoms with E-state index in [2.05, 4.69) is 16.4 Å². The molecule has 32 heavy (non-hydrogen) atoms. The van der Waals surface area contributed by atoms with Crippen molar-refractivity contribution in [1.29, 1.82) is 5.26 Å². The van der Waals surface area contributed by atoms with Crippen LogP contribution in [-0.4, -0.2) is 47.0 Å². The fourth-order valence-corrected chi connectivity index (χ4v) is 5.33. The molecule has 0 saturated carbocycles. The van der Waals surface area contributed by atoms with Crippen LogP contribution < -0.4 is 5.32 Å². The summed E-state index contributed by atoms with van der Waals surface area (Å²) < 4.78 is 5.45. The Morgan fingerprint density at radius 3 is 2.84 bits per heavy atom. The van der Waals surface area contributed by atoms with Crippen molar-refractivity contribution in [3.63, 3.8) is 0 Å². The Hall–Kier alpha value is -3.31. The first-order valence-electron chi connectivity index (χ1n) is 10.6. The van der Waals surface area contributed by atoms with Gasteiger partial charge in [-0.15, -0.1) is 11.8 Å². The molecule has 0 saturated heterocycles. The minimum Gasteiger partial charge on any atom is -0.449 e. The van der Waals surface area contributed by atoms with Crippen LogP contribution in [0.4, 0.5) is 4.79 Å². The van der Waals surface area contributed by atoms with Crippen LogP contribution in [0.3, 0.4) is 0 Å². The number of nitrogens with one attached hydrogen (secondary N) is 1. The predicted octanol–water partition coefficient (Wildman–Crippen LogP) is 3.75. The summed E-state index contributed by atoms with van der Waals surface area (Å²) in [7, 11) is 0. The van der Waals surface area contributed by atoms with Gasteiger partial charge in [0.1, 0.15) is 0 Å². The third-order valence-electron chi connectivity index (χ3n) is 5.56.